The second-order valence-electron chi connectivity index (χ2n) is 4.01. The average molecular weight is 410 g/mol. The highest BCUT2D eigenvalue weighted by Crippen LogP contribution is 2.35. The summed E-state index contributed by atoms with van der Waals surface area (Å²) >= 11 is 3.12. The van der Waals surface area contributed by atoms with E-state index in [4.69, 9.17) is 10.5 Å². The minimum absolute atomic E-state index is 0.182. The minimum atomic E-state index is -5.86. The molecule has 6 nitrogen and oxygen atoms in total. The van der Waals surface area contributed by atoms with Gasteiger partial charge < -0.3 is 9.50 Å². The molecular weight excluding hydrogens is 403 g/mol. The summed E-state index contributed by atoms with van der Waals surface area (Å²) in [5, 5.41) is 19.6. The number of halogens is 4. The predicted octanol–water partition coefficient (Wildman–Crippen LogP) is 3.33. The molecule has 0 aliphatic rings. The predicted molar refractivity (Wildman–Crippen MR) is 77.4 cm³/mol. The molecule has 0 aliphatic heterocycles. The minimum Gasteiger partial charge on any atom is -0.374 e. The molecule has 1 aromatic carbocycles. The van der Waals surface area contributed by atoms with E-state index in [1.807, 2.05) is 0 Å². The second-order valence-corrected chi connectivity index (χ2v) is 6.40. The van der Waals surface area contributed by atoms with Crippen molar-refractivity contribution < 1.29 is 25.8 Å². The molecule has 23 heavy (non-hydrogen) atoms. The molecule has 0 fully saturated rings. The molecule has 122 valence electrons. The number of allylic oxidation sites excluding steroid dienone is 1. The number of rotatable bonds is 4. The van der Waals surface area contributed by atoms with Crippen molar-refractivity contribution in [3.05, 3.63) is 33.9 Å². The number of benzene rings is 1. The SMILES string of the molecule is Cc1cc(OS(=O)(=O)C(F)(F)F)c(NC=C(C#N)C#N)cc1Br. The zero-order valence-electron chi connectivity index (χ0n) is 11.3. The fourth-order valence-electron chi connectivity index (χ4n) is 1.24. The van der Waals surface area contributed by atoms with Crippen molar-refractivity contribution in [3.63, 3.8) is 0 Å². The fraction of sp³-hybridized carbons (Fsp3) is 0.167. The summed E-state index contributed by atoms with van der Waals surface area (Å²) in [5.74, 6) is -0.630. The molecule has 0 spiro atoms. The topological polar surface area (TPSA) is 103 Å². The Balaban J connectivity index is 3.33. The Bertz CT molecular complexity index is 820. The molecule has 0 saturated carbocycles. The normalized spacial score (nSPS) is 11.1. The smallest absolute Gasteiger partial charge is 0.374 e. The van der Waals surface area contributed by atoms with E-state index >= 15 is 0 Å². The van der Waals surface area contributed by atoms with E-state index in [0.29, 0.717) is 10.0 Å². The molecule has 0 heterocycles. The number of nitrogens with one attached hydrogen (secondary N) is 1. The van der Waals surface area contributed by atoms with E-state index in [9.17, 15) is 21.6 Å². The molecule has 0 radical (unpaired) electrons. The Morgan fingerprint density at radius 1 is 1.35 bits per heavy atom. The van der Waals surface area contributed by atoms with Crippen molar-refractivity contribution in [2.75, 3.05) is 5.32 Å². The van der Waals surface area contributed by atoms with E-state index in [1.165, 1.54) is 25.1 Å². The van der Waals surface area contributed by atoms with Gasteiger partial charge in [-0.25, -0.2) is 0 Å². The van der Waals surface area contributed by atoms with Crippen LogP contribution >= 0.6 is 15.9 Å². The van der Waals surface area contributed by atoms with Crippen LogP contribution in [0.25, 0.3) is 0 Å². The molecule has 0 amide bonds. The number of nitriles is 2. The van der Waals surface area contributed by atoms with Crippen LogP contribution in [0, 0.1) is 29.6 Å². The summed E-state index contributed by atoms with van der Waals surface area (Å²) in [7, 11) is -5.86. The van der Waals surface area contributed by atoms with Crippen LogP contribution < -0.4 is 9.50 Å². The summed E-state index contributed by atoms with van der Waals surface area (Å²) < 4.78 is 64.0. The lowest BCUT2D eigenvalue weighted by Gasteiger charge is -2.14. The van der Waals surface area contributed by atoms with Crippen molar-refractivity contribution in [2.24, 2.45) is 0 Å². The average Bonchev–Trinajstić information content (AvgIpc) is 2.43. The van der Waals surface area contributed by atoms with Crippen molar-refractivity contribution in [1.82, 2.24) is 0 Å². The number of anilines is 1. The lowest BCUT2D eigenvalue weighted by Crippen LogP contribution is -2.28. The number of hydrogen-bond acceptors (Lipinski definition) is 6. The standard InChI is InChI=1S/C12H7BrF3N3O3S/c1-7-2-11(22-23(20,21)12(14,15)16)10(3-9(7)13)19-6-8(4-17)5-18/h2-3,6,19H,1H3. The Morgan fingerprint density at radius 3 is 2.39 bits per heavy atom. The molecule has 0 aliphatic carbocycles. The van der Waals surface area contributed by atoms with Crippen molar-refractivity contribution in [3.8, 4) is 17.9 Å². The first-order valence-electron chi connectivity index (χ1n) is 5.59. The van der Waals surface area contributed by atoms with Crippen LogP contribution in [-0.2, 0) is 10.1 Å². The lowest BCUT2D eigenvalue weighted by molar-refractivity contribution is -0.0499. The third-order valence-corrected chi connectivity index (χ3v) is 4.18. The fourth-order valence-corrected chi connectivity index (χ4v) is 2.05. The molecule has 1 N–H and O–H groups in total. The van der Waals surface area contributed by atoms with Crippen LogP contribution in [0.1, 0.15) is 5.56 Å². The second kappa shape index (κ2) is 6.89. The molecule has 1 rings (SSSR count). The van der Waals surface area contributed by atoms with Gasteiger partial charge in [0.1, 0.15) is 17.7 Å². The molecule has 0 unspecified atom stereocenters. The van der Waals surface area contributed by atoms with Gasteiger partial charge in [0.15, 0.2) is 5.75 Å². The Labute approximate surface area is 138 Å². The maximum atomic E-state index is 12.4. The maximum Gasteiger partial charge on any atom is 0.534 e. The first-order valence-corrected chi connectivity index (χ1v) is 7.79. The molecule has 0 saturated heterocycles. The van der Waals surface area contributed by atoms with Gasteiger partial charge in [0.05, 0.1) is 5.69 Å². The van der Waals surface area contributed by atoms with Gasteiger partial charge in [-0.1, -0.05) is 15.9 Å². The van der Waals surface area contributed by atoms with Gasteiger partial charge in [0.2, 0.25) is 0 Å². The number of hydrogen-bond donors (Lipinski definition) is 1. The molecule has 0 aromatic heterocycles. The first-order chi connectivity index (χ1) is 10.5. The van der Waals surface area contributed by atoms with E-state index in [1.54, 1.807) is 0 Å². The Morgan fingerprint density at radius 2 is 1.91 bits per heavy atom. The summed E-state index contributed by atoms with van der Waals surface area (Å²) in [6.45, 7) is 1.51. The van der Waals surface area contributed by atoms with E-state index in [-0.39, 0.29) is 11.3 Å². The first kappa shape index (κ1) is 18.8. The zero-order valence-corrected chi connectivity index (χ0v) is 13.7. The Hall–Kier alpha value is -2.24. The van der Waals surface area contributed by atoms with Gasteiger partial charge in [-0.2, -0.15) is 32.1 Å². The summed E-state index contributed by atoms with van der Waals surface area (Å²) in [4.78, 5) is 0. The lowest BCUT2D eigenvalue weighted by atomic mass is 10.2. The molecule has 1 aromatic rings. The van der Waals surface area contributed by atoms with E-state index in [0.717, 1.165) is 12.3 Å². The number of alkyl halides is 3. The van der Waals surface area contributed by atoms with Crippen LogP contribution in [0.3, 0.4) is 0 Å². The van der Waals surface area contributed by atoms with Crippen LogP contribution in [-0.4, -0.2) is 13.9 Å². The maximum absolute atomic E-state index is 12.4. The molecular formula is C12H7BrF3N3O3S. The van der Waals surface area contributed by atoms with E-state index < -0.39 is 21.4 Å². The summed E-state index contributed by atoms with van der Waals surface area (Å²) in [6.07, 6.45) is 0.907. The highest BCUT2D eigenvalue weighted by Gasteiger charge is 2.48. The molecule has 0 atom stereocenters. The van der Waals surface area contributed by atoms with Gasteiger partial charge in [-0.15, -0.1) is 0 Å². The van der Waals surface area contributed by atoms with Gasteiger partial charge in [-0.3, -0.25) is 0 Å². The van der Waals surface area contributed by atoms with E-state index in [2.05, 4.69) is 25.4 Å². The largest absolute Gasteiger partial charge is 0.534 e. The van der Waals surface area contributed by atoms with Crippen molar-refractivity contribution in [1.29, 1.82) is 10.5 Å². The number of nitrogens with zero attached hydrogens (tertiary/aromatic N) is 2. The van der Waals surface area contributed by atoms with Crippen LogP contribution in [0.15, 0.2) is 28.4 Å². The highest BCUT2D eigenvalue weighted by atomic mass is 79.9. The summed E-state index contributed by atoms with van der Waals surface area (Å²) in [5.41, 5.74) is -5.73. The zero-order chi connectivity index (χ0) is 17.8. The Kier molecular flexibility index (Phi) is 5.64. The number of aryl methyl sites for hydroxylation is 1. The monoisotopic (exact) mass is 409 g/mol. The van der Waals surface area contributed by atoms with Gasteiger partial charge >= 0.3 is 15.6 Å². The van der Waals surface area contributed by atoms with Crippen LogP contribution in [0.4, 0.5) is 18.9 Å². The quantitative estimate of drug-likeness (QED) is 0.464. The van der Waals surface area contributed by atoms with Crippen molar-refractivity contribution >= 4 is 31.7 Å². The third kappa shape index (κ3) is 4.61. The van der Waals surface area contributed by atoms with Crippen molar-refractivity contribution in [2.45, 2.75) is 12.4 Å². The van der Waals surface area contributed by atoms with Gasteiger partial charge in [-0.05, 0) is 24.6 Å². The van der Waals surface area contributed by atoms with Crippen LogP contribution in [0.2, 0.25) is 0 Å². The highest BCUT2D eigenvalue weighted by molar-refractivity contribution is 9.10. The molecule has 11 heteroatoms. The molecule has 0 bridgehead atoms. The third-order valence-electron chi connectivity index (χ3n) is 2.36. The van der Waals surface area contributed by atoms with Gasteiger partial charge in [0.25, 0.3) is 0 Å². The van der Waals surface area contributed by atoms with Crippen LogP contribution in [0.5, 0.6) is 5.75 Å². The van der Waals surface area contributed by atoms with Gasteiger partial charge in [0, 0.05) is 10.7 Å². The summed E-state index contributed by atoms with van der Waals surface area (Å²) in [6, 6.07) is 5.36.